The molecule has 2 rings (SSSR count). The van der Waals surface area contributed by atoms with Crippen LogP contribution in [0.5, 0.6) is 0 Å². The van der Waals surface area contributed by atoms with E-state index in [-0.39, 0.29) is 11.1 Å². The van der Waals surface area contributed by atoms with Gasteiger partial charge in [0.1, 0.15) is 5.82 Å². The standard InChI is InChI=1S/C13H17FN2OS/c14-9-3-1-4-10(7-9)18-11-5-2-6-13(16,8-11)12(15)17/h1,3-4,7,11H,2,5-6,8,16H2,(H2,15,17). The van der Waals surface area contributed by atoms with Crippen LogP contribution in [0.15, 0.2) is 29.2 Å². The van der Waals surface area contributed by atoms with E-state index < -0.39 is 11.4 Å². The van der Waals surface area contributed by atoms with Crippen LogP contribution in [-0.2, 0) is 4.79 Å². The smallest absolute Gasteiger partial charge is 0.237 e. The summed E-state index contributed by atoms with van der Waals surface area (Å²) in [6.07, 6.45) is 3.06. The molecule has 0 saturated heterocycles. The third-order valence-corrected chi connectivity index (χ3v) is 4.59. The van der Waals surface area contributed by atoms with Crippen LogP contribution in [0.1, 0.15) is 25.7 Å². The van der Waals surface area contributed by atoms with Crippen molar-refractivity contribution in [2.75, 3.05) is 0 Å². The number of thioether (sulfide) groups is 1. The molecule has 1 aromatic rings. The maximum absolute atomic E-state index is 13.1. The van der Waals surface area contributed by atoms with Gasteiger partial charge in [-0.15, -0.1) is 11.8 Å². The van der Waals surface area contributed by atoms with E-state index in [2.05, 4.69) is 0 Å². The second-order valence-electron chi connectivity index (χ2n) is 4.81. The van der Waals surface area contributed by atoms with Gasteiger partial charge < -0.3 is 11.5 Å². The maximum Gasteiger partial charge on any atom is 0.237 e. The van der Waals surface area contributed by atoms with Gasteiger partial charge in [-0.3, -0.25) is 4.79 Å². The zero-order valence-corrected chi connectivity index (χ0v) is 10.9. The van der Waals surface area contributed by atoms with Gasteiger partial charge in [-0.25, -0.2) is 4.39 Å². The second kappa shape index (κ2) is 5.28. The summed E-state index contributed by atoms with van der Waals surface area (Å²) in [6, 6.07) is 6.47. The lowest BCUT2D eigenvalue weighted by atomic mass is 9.82. The number of hydrogen-bond donors (Lipinski definition) is 2. The average molecular weight is 268 g/mol. The van der Waals surface area contributed by atoms with Crippen molar-refractivity contribution in [1.29, 1.82) is 0 Å². The largest absolute Gasteiger partial charge is 0.368 e. The van der Waals surface area contributed by atoms with Gasteiger partial charge in [-0.05, 0) is 43.9 Å². The molecule has 0 spiro atoms. The molecule has 98 valence electrons. The van der Waals surface area contributed by atoms with E-state index in [0.29, 0.717) is 12.8 Å². The van der Waals surface area contributed by atoms with Crippen LogP contribution in [-0.4, -0.2) is 16.7 Å². The monoisotopic (exact) mass is 268 g/mol. The lowest BCUT2D eigenvalue weighted by molar-refractivity contribution is -0.124. The summed E-state index contributed by atoms with van der Waals surface area (Å²) < 4.78 is 13.1. The molecule has 1 saturated carbocycles. The highest BCUT2D eigenvalue weighted by Gasteiger charge is 2.38. The number of amides is 1. The number of nitrogens with two attached hydrogens (primary N) is 2. The molecule has 1 aliphatic carbocycles. The number of carbonyl (C=O) groups excluding carboxylic acids is 1. The molecule has 1 amide bonds. The number of carbonyl (C=O) groups is 1. The van der Waals surface area contributed by atoms with Gasteiger partial charge in [0.2, 0.25) is 5.91 Å². The zero-order valence-electron chi connectivity index (χ0n) is 10.1. The van der Waals surface area contributed by atoms with E-state index in [1.165, 1.54) is 12.1 Å². The molecule has 0 heterocycles. The van der Waals surface area contributed by atoms with E-state index in [1.807, 2.05) is 6.07 Å². The van der Waals surface area contributed by atoms with E-state index in [1.54, 1.807) is 17.8 Å². The quantitative estimate of drug-likeness (QED) is 0.881. The van der Waals surface area contributed by atoms with Gasteiger partial charge in [0.25, 0.3) is 0 Å². The molecule has 18 heavy (non-hydrogen) atoms. The Kier molecular flexibility index (Phi) is 3.92. The Hall–Kier alpha value is -1.07. The molecule has 0 radical (unpaired) electrons. The van der Waals surface area contributed by atoms with Gasteiger partial charge in [-0.1, -0.05) is 6.07 Å². The Bertz CT molecular complexity index is 454. The maximum atomic E-state index is 13.1. The molecule has 4 N–H and O–H groups in total. The van der Waals surface area contributed by atoms with Crippen LogP contribution in [0.4, 0.5) is 4.39 Å². The molecule has 0 aromatic heterocycles. The minimum atomic E-state index is -0.900. The first-order valence-corrected chi connectivity index (χ1v) is 6.88. The van der Waals surface area contributed by atoms with Gasteiger partial charge in [0, 0.05) is 10.1 Å². The van der Waals surface area contributed by atoms with E-state index in [4.69, 9.17) is 11.5 Å². The fourth-order valence-corrected chi connectivity index (χ4v) is 3.70. The van der Waals surface area contributed by atoms with E-state index in [0.717, 1.165) is 17.7 Å². The van der Waals surface area contributed by atoms with Crippen molar-refractivity contribution in [2.45, 2.75) is 41.4 Å². The van der Waals surface area contributed by atoms with Crippen molar-refractivity contribution in [3.63, 3.8) is 0 Å². The SMILES string of the molecule is NC(=O)C1(N)CCCC(Sc2cccc(F)c2)C1. The van der Waals surface area contributed by atoms with Crippen LogP contribution in [0.2, 0.25) is 0 Å². The van der Waals surface area contributed by atoms with E-state index >= 15 is 0 Å². The highest BCUT2D eigenvalue weighted by Crippen LogP contribution is 2.37. The summed E-state index contributed by atoms with van der Waals surface area (Å²) in [6.45, 7) is 0. The van der Waals surface area contributed by atoms with Gasteiger partial charge >= 0.3 is 0 Å². The minimum absolute atomic E-state index is 0.220. The van der Waals surface area contributed by atoms with Crippen molar-refractivity contribution in [1.82, 2.24) is 0 Å². The summed E-state index contributed by atoms with van der Waals surface area (Å²) in [5.41, 5.74) is 10.5. The Morgan fingerprint density at radius 3 is 2.94 bits per heavy atom. The Labute approximate surface area is 110 Å². The molecule has 0 aliphatic heterocycles. The highest BCUT2D eigenvalue weighted by molar-refractivity contribution is 8.00. The van der Waals surface area contributed by atoms with Crippen LogP contribution in [0.25, 0.3) is 0 Å². The first-order valence-electron chi connectivity index (χ1n) is 6.01. The molecule has 2 atom stereocenters. The fourth-order valence-electron chi connectivity index (χ4n) is 2.31. The van der Waals surface area contributed by atoms with Crippen molar-refractivity contribution in [3.05, 3.63) is 30.1 Å². The number of halogens is 1. The molecule has 2 unspecified atom stereocenters. The Morgan fingerprint density at radius 2 is 2.28 bits per heavy atom. The second-order valence-corrected chi connectivity index (χ2v) is 6.19. The molecule has 1 aliphatic rings. The Balaban J connectivity index is 2.04. The fraction of sp³-hybridized carbons (Fsp3) is 0.462. The molecule has 5 heteroatoms. The number of benzene rings is 1. The first kappa shape index (κ1) is 13.4. The van der Waals surface area contributed by atoms with Gasteiger partial charge in [0.15, 0.2) is 0 Å². The Morgan fingerprint density at radius 1 is 1.50 bits per heavy atom. The predicted molar refractivity (Wildman–Crippen MR) is 70.6 cm³/mol. The number of hydrogen-bond acceptors (Lipinski definition) is 3. The molecular formula is C13H17FN2OS. The topological polar surface area (TPSA) is 69.1 Å². The molecular weight excluding hydrogens is 251 g/mol. The van der Waals surface area contributed by atoms with Crippen molar-refractivity contribution in [2.24, 2.45) is 11.5 Å². The molecule has 3 nitrogen and oxygen atoms in total. The zero-order chi connectivity index (χ0) is 13.2. The van der Waals surface area contributed by atoms with Crippen LogP contribution in [0.3, 0.4) is 0 Å². The van der Waals surface area contributed by atoms with Crippen molar-refractivity contribution < 1.29 is 9.18 Å². The summed E-state index contributed by atoms with van der Waals surface area (Å²) in [4.78, 5) is 12.2. The molecule has 1 aromatic carbocycles. The normalized spacial score (nSPS) is 28.0. The minimum Gasteiger partial charge on any atom is -0.368 e. The van der Waals surface area contributed by atoms with Crippen LogP contribution < -0.4 is 11.5 Å². The lowest BCUT2D eigenvalue weighted by Gasteiger charge is -2.35. The third kappa shape index (κ3) is 3.03. The highest BCUT2D eigenvalue weighted by atomic mass is 32.2. The summed E-state index contributed by atoms with van der Waals surface area (Å²) in [7, 11) is 0. The first-order chi connectivity index (χ1) is 8.49. The van der Waals surface area contributed by atoms with Crippen molar-refractivity contribution in [3.8, 4) is 0 Å². The van der Waals surface area contributed by atoms with E-state index in [9.17, 15) is 9.18 Å². The predicted octanol–water partition coefficient (Wildman–Crippen LogP) is 2.04. The average Bonchev–Trinajstić information content (AvgIpc) is 2.29. The summed E-state index contributed by atoms with van der Waals surface area (Å²) in [5.74, 6) is -0.684. The summed E-state index contributed by atoms with van der Waals surface area (Å²) in [5, 5.41) is 0.220. The van der Waals surface area contributed by atoms with Crippen molar-refractivity contribution >= 4 is 17.7 Å². The van der Waals surface area contributed by atoms with Crippen LogP contribution in [0, 0.1) is 5.82 Å². The molecule has 1 fully saturated rings. The van der Waals surface area contributed by atoms with Gasteiger partial charge in [-0.2, -0.15) is 0 Å². The summed E-state index contributed by atoms with van der Waals surface area (Å²) >= 11 is 1.57. The lowest BCUT2D eigenvalue weighted by Crippen LogP contribution is -2.55. The molecule has 0 bridgehead atoms. The third-order valence-electron chi connectivity index (χ3n) is 3.33. The van der Waals surface area contributed by atoms with Gasteiger partial charge in [0.05, 0.1) is 5.54 Å². The number of primary amides is 1. The van der Waals surface area contributed by atoms with Crippen LogP contribution >= 0.6 is 11.8 Å². The number of rotatable bonds is 3.